The van der Waals surface area contributed by atoms with Gasteiger partial charge in [-0.3, -0.25) is 0 Å². The highest BCUT2D eigenvalue weighted by Gasteiger charge is 2.40. The third-order valence-corrected chi connectivity index (χ3v) is 8.26. The third-order valence-electron chi connectivity index (χ3n) is 5.73. The highest BCUT2D eigenvalue weighted by molar-refractivity contribution is 14.0. The first-order valence-corrected chi connectivity index (χ1v) is 12.0. The number of aliphatic imine (C=N–C) groups is 1. The fourth-order valence-corrected chi connectivity index (χ4v) is 5.02. The number of pyridine rings is 1. The lowest BCUT2D eigenvalue weighted by Gasteiger charge is -2.39. The first kappa shape index (κ1) is 25.1. The van der Waals surface area contributed by atoms with Gasteiger partial charge < -0.3 is 20.0 Å². The van der Waals surface area contributed by atoms with Crippen molar-refractivity contribution >= 4 is 45.6 Å². The largest absolute Gasteiger partial charge is 0.357 e. The maximum absolute atomic E-state index is 12.3. The zero-order valence-corrected chi connectivity index (χ0v) is 21.6. The van der Waals surface area contributed by atoms with Crippen LogP contribution < -0.4 is 10.2 Å². The summed E-state index contributed by atoms with van der Waals surface area (Å²) in [5.41, 5.74) is 1.04. The molecule has 10 heteroatoms. The average Bonchev–Trinajstić information content (AvgIpc) is 2.68. The Labute approximate surface area is 198 Å². The predicted molar refractivity (Wildman–Crippen MR) is 134 cm³/mol. The van der Waals surface area contributed by atoms with E-state index in [2.05, 4.69) is 44.2 Å². The molecule has 1 N–H and O–H groups in total. The van der Waals surface area contributed by atoms with Crippen LogP contribution in [0.5, 0.6) is 0 Å². The molecule has 30 heavy (non-hydrogen) atoms. The first-order valence-electron chi connectivity index (χ1n) is 10.4. The first-order chi connectivity index (χ1) is 13.7. The third kappa shape index (κ3) is 5.97. The summed E-state index contributed by atoms with van der Waals surface area (Å²) >= 11 is 0. The number of anilines is 1. The second-order valence-corrected chi connectivity index (χ2v) is 11.2. The molecule has 1 aromatic rings. The molecule has 0 spiro atoms. The Bertz CT molecular complexity index is 820. The van der Waals surface area contributed by atoms with Crippen molar-refractivity contribution in [1.29, 1.82) is 0 Å². The predicted octanol–water partition coefficient (Wildman–Crippen LogP) is 1.43. The number of rotatable bonds is 4. The fourth-order valence-electron chi connectivity index (χ4n) is 3.65. The van der Waals surface area contributed by atoms with Crippen molar-refractivity contribution in [2.45, 2.75) is 32.1 Å². The molecule has 0 unspecified atom stereocenters. The number of sulfone groups is 1. The van der Waals surface area contributed by atoms with Gasteiger partial charge in [0.25, 0.3) is 0 Å². The smallest absolute Gasteiger partial charge is 0.194 e. The molecule has 3 heterocycles. The molecular formula is C20H35IN6O2S. The molecule has 3 rings (SSSR count). The second kappa shape index (κ2) is 10.4. The summed E-state index contributed by atoms with van der Waals surface area (Å²) in [6, 6.07) is 4.15. The average molecular weight is 551 g/mol. The van der Waals surface area contributed by atoms with E-state index < -0.39 is 14.6 Å². The lowest BCUT2D eigenvalue weighted by Crippen LogP contribution is -2.57. The molecule has 170 valence electrons. The minimum absolute atomic E-state index is 0. The molecule has 0 aromatic carbocycles. The number of halogens is 1. The summed E-state index contributed by atoms with van der Waals surface area (Å²) in [5, 5.41) is 3.30. The van der Waals surface area contributed by atoms with Gasteiger partial charge in [0.15, 0.2) is 15.8 Å². The van der Waals surface area contributed by atoms with E-state index in [0.29, 0.717) is 19.6 Å². The zero-order chi connectivity index (χ0) is 21.1. The Morgan fingerprint density at radius 2 is 1.90 bits per heavy atom. The standard InChI is InChI=1S/C20H34N6O2S.HI/c1-5-21-19(26-12-13-29(27,28)20(2,3)16-26)23-15-17-6-7-18(22-14-17)25-10-8-24(4)9-11-25;/h6-7,14H,5,8-13,15-16H2,1-4H3,(H,21,23);1H. The SMILES string of the molecule is CCNC(=NCc1ccc(N2CCN(C)CC2)nc1)N1CCS(=O)(=O)C(C)(C)C1.I. The molecule has 2 fully saturated rings. The van der Waals surface area contributed by atoms with Gasteiger partial charge in [0.05, 0.1) is 17.0 Å². The van der Waals surface area contributed by atoms with Crippen LogP contribution in [0.3, 0.4) is 0 Å². The minimum Gasteiger partial charge on any atom is -0.357 e. The molecule has 0 aliphatic carbocycles. The van der Waals surface area contributed by atoms with Crippen molar-refractivity contribution in [1.82, 2.24) is 20.1 Å². The molecule has 0 radical (unpaired) electrons. The van der Waals surface area contributed by atoms with Gasteiger partial charge in [-0.05, 0) is 39.4 Å². The van der Waals surface area contributed by atoms with Crippen molar-refractivity contribution in [3.63, 3.8) is 0 Å². The highest BCUT2D eigenvalue weighted by Crippen LogP contribution is 2.24. The highest BCUT2D eigenvalue weighted by atomic mass is 127. The molecule has 0 atom stereocenters. The summed E-state index contributed by atoms with van der Waals surface area (Å²) in [4.78, 5) is 16.1. The number of likely N-dealkylation sites (N-methyl/N-ethyl adjacent to an activating group) is 1. The molecule has 2 aliphatic heterocycles. The van der Waals surface area contributed by atoms with Gasteiger partial charge in [-0.1, -0.05) is 6.07 Å². The molecular weight excluding hydrogens is 515 g/mol. The maximum atomic E-state index is 12.3. The monoisotopic (exact) mass is 550 g/mol. The summed E-state index contributed by atoms with van der Waals surface area (Å²) in [7, 11) is -0.925. The van der Waals surface area contributed by atoms with Crippen LogP contribution >= 0.6 is 24.0 Å². The summed E-state index contributed by atoms with van der Waals surface area (Å²) in [5.74, 6) is 1.94. The van der Waals surface area contributed by atoms with E-state index in [1.54, 1.807) is 13.8 Å². The van der Waals surface area contributed by atoms with Crippen molar-refractivity contribution in [3.05, 3.63) is 23.9 Å². The van der Waals surface area contributed by atoms with Crippen molar-refractivity contribution in [2.75, 3.05) is 63.5 Å². The van der Waals surface area contributed by atoms with Crippen LogP contribution in [0.2, 0.25) is 0 Å². The summed E-state index contributed by atoms with van der Waals surface area (Å²) in [6.07, 6.45) is 1.89. The molecule has 0 amide bonds. The van der Waals surface area contributed by atoms with E-state index in [1.165, 1.54) is 0 Å². The van der Waals surface area contributed by atoms with Gasteiger partial charge in [0.1, 0.15) is 5.82 Å². The Hall–Kier alpha value is -1.14. The number of nitrogens with one attached hydrogen (secondary N) is 1. The number of hydrogen-bond donors (Lipinski definition) is 1. The van der Waals surface area contributed by atoms with Crippen molar-refractivity contribution in [3.8, 4) is 0 Å². The van der Waals surface area contributed by atoms with Gasteiger partial charge >= 0.3 is 0 Å². The molecule has 2 aliphatic rings. The number of piperazine rings is 1. The van der Waals surface area contributed by atoms with E-state index >= 15 is 0 Å². The zero-order valence-electron chi connectivity index (χ0n) is 18.5. The van der Waals surface area contributed by atoms with E-state index in [9.17, 15) is 8.42 Å². The van der Waals surface area contributed by atoms with Crippen LogP contribution in [0, 0.1) is 0 Å². The van der Waals surface area contributed by atoms with Crippen LogP contribution in [0.15, 0.2) is 23.3 Å². The number of aromatic nitrogens is 1. The molecule has 0 bridgehead atoms. The van der Waals surface area contributed by atoms with Gasteiger partial charge in [-0.2, -0.15) is 0 Å². The van der Waals surface area contributed by atoms with Crippen LogP contribution in [-0.4, -0.2) is 92.5 Å². The van der Waals surface area contributed by atoms with Gasteiger partial charge in [0, 0.05) is 52.0 Å². The molecule has 8 nitrogen and oxygen atoms in total. The Morgan fingerprint density at radius 3 is 2.47 bits per heavy atom. The summed E-state index contributed by atoms with van der Waals surface area (Å²) in [6.45, 7) is 11.9. The Balaban J connectivity index is 0.00000320. The van der Waals surface area contributed by atoms with Gasteiger partial charge in [-0.15, -0.1) is 24.0 Å². The topological polar surface area (TPSA) is 81.1 Å². The molecule has 1 aromatic heterocycles. The fraction of sp³-hybridized carbons (Fsp3) is 0.700. The van der Waals surface area contributed by atoms with E-state index in [4.69, 9.17) is 4.99 Å². The number of guanidine groups is 1. The van der Waals surface area contributed by atoms with E-state index in [1.807, 2.05) is 13.1 Å². The molecule has 0 saturated carbocycles. The van der Waals surface area contributed by atoms with Gasteiger partial charge in [-0.25, -0.2) is 18.4 Å². The molecule has 2 saturated heterocycles. The Kier molecular flexibility index (Phi) is 8.75. The Morgan fingerprint density at radius 1 is 1.20 bits per heavy atom. The van der Waals surface area contributed by atoms with Crippen LogP contribution in [0.1, 0.15) is 26.3 Å². The lowest BCUT2D eigenvalue weighted by molar-refractivity contribution is 0.312. The number of hydrogen-bond acceptors (Lipinski definition) is 6. The lowest BCUT2D eigenvalue weighted by atomic mass is 10.2. The van der Waals surface area contributed by atoms with Crippen molar-refractivity contribution in [2.24, 2.45) is 4.99 Å². The van der Waals surface area contributed by atoms with E-state index in [0.717, 1.165) is 50.1 Å². The van der Waals surface area contributed by atoms with Crippen LogP contribution in [0.4, 0.5) is 5.82 Å². The van der Waals surface area contributed by atoms with Crippen LogP contribution in [-0.2, 0) is 16.4 Å². The quantitative estimate of drug-likeness (QED) is 0.345. The number of nitrogens with zero attached hydrogens (tertiary/aromatic N) is 5. The van der Waals surface area contributed by atoms with Crippen LogP contribution in [0.25, 0.3) is 0 Å². The van der Waals surface area contributed by atoms with Gasteiger partial charge in [0.2, 0.25) is 0 Å². The summed E-state index contributed by atoms with van der Waals surface area (Å²) < 4.78 is 23.8. The van der Waals surface area contributed by atoms with Crippen molar-refractivity contribution < 1.29 is 8.42 Å². The minimum atomic E-state index is -3.07. The maximum Gasteiger partial charge on any atom is 0.194 e. The van der Waals surface area contributed by atoms with E-state index in [-0.39, 0.29) is 29.7 Å². The normalized spacial score (nSPS) is 21.8. The second-order valence-electron chi connectivity index (χ2n) is 8.49.